The fourth-order valence-corrected chi connectivity index (χ4v) is 3.58. The number of hydrogen-bond acceptors (Lipinski definition) is 4. The topological polar surface area (TPSA) is 94.6 Å². The van der Waals surface area contributed by atoms with Gasteiger partial charge in [0.05, 0.1) is 0 Å². The Labute approximate surface area is 140 Å². The number of pyridine rings is 1. The summed E-state index contributed by atoms with van der Waals surface area (Å²) < 4.78 is 7.17. The highest BCUT2D eigenvalue weighted by Crippen LogP contribution is 2.35. The van der Waals surface area contributed by atoms with Crippen LogP contribution >= 0.6 is 0 Å². The van der Waals surface area contributed by atoms with Gasteiger partial charge in [-0.15, -0.1) is 0 Å². The lowest BCUT2D eigenvalue weighted by atomic mass is 9.83. The Balaban J connectivity index is 1.89. The molecule has 2 bridgehead atoms. The van der Waals surface area contributed by atoms with Crippen LogP contribution in [0.3, 0.4) is 0 Å². The van der Waals surface area contributed by atoms with Crippen LogP contribution in [-0.2, 0) is 11.3 Å². The number of carbonyl (C=O) groups is 2. The summed E-state index contributed by atoms with van der Waals surface area (Å²) in [5.74, 6) is -0.393. The van der Waals surface area contributed by atoms with Gasteiger partial charge < -0.3 is 19.9 Å². The molecule has 7 heteroatoms. The number of primary amides is 1. The van der Waals surface area contributed by atoms with E-state index >= 15 is 0 Å². The van der Waals surface area contributed by atoms with Gasteiger partial charge in [0, 0.05) is 42.9 Å². The van der Waals surface area contributed by atoms with Crippen LogP contribution in [0.25, 0.3) is 0 Å². The zero-order chi connectivity index (χ0) is 17.6. The maximum absolute atomic E-state index is 12.4. The molecule has 0 saturated carbocycles. The smallest absolute Gasteiger partial charge is 0.410 e. The predicted molar refractivity (Wildman–Crippen MR) is 87.9 cm³/mol. The van der Waals surface area contributed by atoms with E-state index in [2.05, 4.69) is 0 Å². The fraction of sp³-hybridized carbons (Fsp3) is 0.588. The van der Waals surface area contributed by atoms with E-state index < -0.39 is 11.5 Å². The number of likely N-dealkylation sites (tertiary alicyclic amines) is 1. The molecule has 0 spiro atoms. The van der Waals surface area contributed by atoms with E-state index in [1.165, 1.54) is 6.07 Å². The van der Waals surface area contributed by atoms with E-state index in [1.54, 1.807) is 15.5 Å². The Bertz CT molecular complexity index is 747. The van der Waals surface area contributed by atoms with Crippen molar-refractivity contribution in [1.29, 1.82) is 0 Å². The Morgan fingerprint density at radius 3 is 2.54 bits per heavy atom. The summed E-state index contributed by atoms with van der Waals surface area (Å²) in [6.45, 7) is 7.11. The third-order valence-electron chi connectivity index (χ3n) is 4.49. The number of nitrogens with zero attached hydrogens (tertiary/aromatic N) is 2. The first kappa shape index (κ1) is 16.5. The lowest BCUT2D eigenvalue weighted by Crippen LogP contribution is -2.50. The van der Waals surface area contributed by atoms with Crippen LogP contribution in [0.4, 0.5) is 4.79 Å². The molecule has 2 aliphatic heterocycles. The molecule has 7 nitrogen and oxygen atoms in total. The third-order valence-corrected chi connectivity index (χ3v) is 4.49. The highest BCUT2D eigenvalue weighted by Gasteiger charge is 2.38. The van der Waals surface area contributed by atoms with Gasteiger partial charge in [0.15, 0.2) is 0 Å². The van der Waals surface area contributed by atoms with Crippen LogP contribution in [0, 0.1) is 5.92 Å². The minimum Gasteiger partial charge on any atom is -0.444 e. The molecule has 0 radical (unpaired) electrons. The van der Waals surface area contributed by atoms with Crippen LogP contribution in [0.2, 0.25) is 0 Å². The predicted octanol–water partition coefficient (Wildman–Crippen LogP) is 1.30. The summed E-state index contributed by atoms with van der Waals surface area (Å²) in [6.07, 6.45) is 0.556. The van der Waals surface area contributed by atoms with Crippen LogP contribution in [0.15, 0.2) is 16.9 Å². The maximum Gasteiger partial charge on any atom is 0.410 e. The molecule has 2 aliphatic rings. The zero-order valence-electron chi connectivity index (χ0n) is 14.2. The molecule has 0 aliphatic carbocycles. The second-order valence-corrected chi connectivity index (χ2v) is 7.67. The summed E-state index contributed by atoms with van der Waals surface area (Å²) >= 11 is 0. The van der Waals surface area contributed by atoms with E-state index in [0.717, 1.165) is 12.1 Å². The lowest BCUT2D eigenvalue weighted by molar-refractivity contribution is 0.0101. The molecule has 130 valence electrons. The van der Waals surface area contributed by atoms with E-state index in [4.69, 9.17) is 10.5 Å². The number of amides is 2. The van der Waals surface area contributed by atoms with Crippen molar-refractivity contribution in [3.05, 3.63) is 33.7 Å². The average Bonchev–Trinajstić information content (AvgIpc) is 2.46. The SMILES string of the molecule is CC(C)(C)OC(=O)N1CC2C[C@@H](C1)c1cc(C(N)=O)cc(=O)n1C2. The Morgan fingerprint density at radius 2 is 1.92 bits per heavy atom. The van der Waals surface area contributed by atoms with Crippen LogP contribution in [0.5, 0.6) is 0 Å². The first-order chi connectivity index (χ1) is 11.1. The van der Waals surface area contributed by atoms with Crippen molar-refractivity contribution < 1.29 is 14.3 Å². The molecule has 2 amide bonds. The average molecular weight is 333 g/mol. The molecule has 24 heavy (non-hydrogen) atoms. The van der Waals surface area contributed by atoms with Gasteiger partial charge in [0.1, 0.15) is 5.60 Å². The van der Waals surface area contributed by atoms with E-state index in [-0.39, 0.29) is 29.1 Å². The second-order valence-electron chi connectivity index (χ2n) is 7.67. The summed E-state index contributed by atoms with van der Waals surface area (Å²) in [5, 5.41) is 0. The third kappa shape index (κ3) is 3.16. The van der Waals surface area contributed by atoms with Crippen molar-refractivity contribution in [3.63, 3.8) is 0 Å². The van der Waals surface area contributed by atoms with Crippen molar-refractivity contribution >= 4 is 12.0 Å². The summed E-state index contributed by atoms with van der Waals surface area (Å²) in [6, 6.07) is 2.97. The monoisotopic (exact) mass is 333 g/mol. The van der Waals surface area contributed by atoms with Gasteiger partial charge in [-0.1, -0.05) is 0 Å². The largest absolute Gasteiger partial charge is 0.444 e. The summed E-state index contributed by atoms with van der Waals surface area (Å²) in [7, 11) is 0. The number of piperidine rings is 1. The van der Waals surface area contributed by atoms with Gasteiger partial charge in [-0.05, 0) is 39.2 Å². The van der Waals surface area contributed by atoms with Crippen molar-refractivity contribution in [2.24, 2.45) is 11.7 Å². The van der Waals surface area contributed by atoms with Crippen LogP contribution < -0.4 is 11.3 Å². The number of rotatable bonds is 1. The zero-order valence-corrected chi connectivity index (χ0v) is 14.2. The standard InChI is InChI=1S/C17H23N3O4/c1-17(2,3)24-16(23)19-7-10-4-12(9-19)13-5-11(15(18)22)6-14(21)20(13)8-10/h5-6,10,12H,4,7-9H2,1-3H3,(H2,18,22)/t10?,12-/m0/s1. The molecule has 3 rings (SSSR count). The molecule has 2 N–H and O–H groups in total. The van der Waals surface area contributed by atoms with Gasteiger partial charge in [0.2, 0.25) is 5.91 Å². The molecule has 1 saturated heterocycles. The van der Waals surface area contributed by atoms with E-state index in [0.29, 0.717) is 19.6 Å². The Hall–Kier alpha value is -2.31. The van der Waals surface area contributed by atoms with Gasteiger partial charge in [-0.3, -0.25) is 9.59 Å². The number of ether oxygens (including phenoxy) is 1. The van der Waals surface area contributed by atoms with Gasteiger partial charge in [-0.25, -0.2) is 4.79 Å². The molecular formula is C17H23N3O4. The van der Waals surface area contributed by atoms with Crippen molar-refractivity contribution in [1.82, 2.24) is 9.47 Å². The highest BCUT2D eigenvalue weighted by atomic mass is 16.6. The normalized spacial score (nSPS) is 22.7. The molecular weight excluding hydrogens is 310 g/mol. The number of aromatic nitrogens is 1. The second kappa shape index (κ2) is 5.65. The van der Waals surface area contributed by atoms with Crippen molar-refractivity contribution in [3.8, 4) is 0 Å². The van der Waals surface area contributed by atoms with Gasteiger partial charge in [0.25, 0.3) is 5.56 Å². The summed E-state index contributed by atoms with van der Waals surface area (Å²) in [5.41, 5.74) is 5.57. The minimum absolute atomic E-state index is 0.0111. The fourth-order valence-electron chi connectivity index (χ4n) is 3.58. The van der Waals surface area contributed by atoms with Crippen molar-refractivity contribution in [2.75, 3.05) is 13.1 Å². The Kier molecular flexibility index (Phi) is 3.89. The summed E-state index contributed by atoms with van der Waals surface area (Å²) in [4.78, 5) is 37.8. The highest BCUT2D eigenvalue weighted by molar-refractivity contribution is 5.92. The number of fused-ring (bicyclic) bond motifs is 4. The number of nitrogens with two attached hydrogens (primary N) is 1. The lowest BCUT2D eigenvalue weighted by Gasteiger charge is -2.42. The minimum atomic E-state index is -0.613. The Morgan fingerprint density at radius 1 is 1.21 bits per heavy atom. The van der Waals surface area contributed by atoms with Gasteiger partial charge >= 0.3 is 6.09 Å². The number of carbonyl (C=O) groups excluding carboxylic acids is 2. The maximum atomic E-state index is 12.4. The number of hydrogen-bond donors (Lipinski definition) is 1. The molecule has 1 aromatic heterocycles. The van der Waals surface area contributed by atoms with Crippen LogP contribution in [-0.4, -0.2) is 40.2 Å². The molecule has 0 aromatic carbocycles. The first-order valence-electron chi connectivity index (χ1n) is 8.16. The van der Waals surface area contributed by atoms with E-state index in [9.17, 15) is 14.4 Å². The van der Waals surface area contributed by atoms with Crippen molar-refractivity contribution in [2.45, 2.75) is 45.3 Å². The molecule has 3 heterocycles. The molecule has 2 atom stereocenters. The first-order valence-corrected chi connectivity index (χ1v) is 8.16. The molecule has 1 unspecified atom stereocenters. The van der Waals surface area contributed by atoms with E-state index in [1.807, 2.05) is 20.8 Å². The van der Waals surface area contributed by atoms with Crippen LogP contribution in [0.1, 0.15) is 49.2 Å². The van der Waals surface area contributed by atoms with Gasteiger partial charge in [-0.2, -0.15) is 0 Å². The molecule has 1 aromatic rings. The molecule has 1 fully saturated rings. The quantitative estimate of drug-likeness (QED) is 0.838.